The second kappa shape index (κ2) is 5.42. The van der Waals surface area contributed by atoms with Crippen molar-refractivity contribution in [1.82, 2.24) is 0 Å². The van der Waals surface area contributed by atoms with Crippen molar-refractivity contribution in [3.05, 3.63) is 35.5 Å². The van der Waals surface area contributed by atoms with Gasteiger partial charge < -0.3 is 5.11 Å². The largest absolute Gasteiger partial charge is 0.393 e. The van der Waals surface area contributed by atoms with Crippen LogP contribution in [0.25, 0.3) is 0 Å². The summed E-state index contributed by atoms with van der Waals surface area (Å²) in [6, 6.07) is 0. The van der Waals surface area contributed by atoms with Gasteiger partial charge in [-0.1, -0.05) is 32.9 Å². The first-order chi connectivity index (χ1) is 11.4. The van der Waals surface area contributed by atoms with Gasteiger partial charge in [0.15, 0.2) is 5.78 Å². The average Bonchev–Trinajstić information content (AvgIpc) is 2.85. The highest BCUT2D eigenvalue weighted by atomic mass is 16.3. The lowest BCUT2D eigenvalue weighted by atomic mass is 9.47. The predicted octanol–water partition coefficient (Wildman–Crippen LogP) is 4.60. The van der Waals surface area contributed by atoms with E-state index in [4.69, 9.17) is 0 Å². The van der Waals surface area contributed by atoms with Gasteiger partial charge >= 0.3 is 0 Å². The minimum atomic E-state index is -0.129. The summed E-state index contributed by atoms with van der Waals surface area (Å²) >= 11 is 0. The predicted molar refractivity (Wildman–Crippen MR) is 96.4 cm³/mol. The van der Waals surface area contributed by atoms with Crippen LogP contribution in [0.2, 0.25) is 0 Å². The van der Waals surface area contributed by atoms with Crippen LogP contribution in [0.15, 0.2) is 35.5 Å². The Balaban J connectivity index is 1.79. The van der Waals surface area contributed by atoms with Crippen LogP contribution in [0.5, 0.6) is 0 Å². The topological polar surface area (TPSA) is 37.3 Å². The first-order valence-electron chi connectivity index (χ1n) is 9.73. The van der Waals surface area contributed by atoms with E-state index in [-0.39, 0.29) is 22.7 Å². The van der Waals surface area contributed by atoms with E-state index in [0.717, 1.165) is 32.1 Å². The smallest absolute Gasteiger partial charge is 0.178 e. The van der Waals surface area contributed by atoms with E-state index in [2.05, 4.69) is 32.9 Å². The molecule has 0 aromatic heterocycles. The zero-order valence-electron chi connectivity index (χ0n) is 15.2. The molecule has 0 spiro atoms. The Morgan fingerprint density at radius 1 is 1.25 bits per heavy atom. The highest BCUT2D eigenvalue weighted by Gasteiger charge is 2.59. The molecule has 6 atom stereocenters. The van der Waals surface area contributed by atoms with Gasteiger partial charge in [-0.3, -0.25) is 4.79 Å². The molecule has 4 rings (SSSR count). The Bertz CT molecular complexity index is 655. The number of allylic oxidation sites excluding steroid dienone is 6. The Kier molecular flexibility index (Phi) is 3.69. The minimum absolute atomic E-state index is 0.00724. The zero-order valence-corrected chi connectivity index (χ0v) is 15.2. The molecule has 1 N–H and O–H groups in total. The number of hydrogen-bond acceptors (Lipinski definition) is 2. The van der Waals surface area contributed by atoms with Gasteiger partial charge in [0, 0.05) is 5.41 Å². The highest BCUT2D eigenvalue weighted by molar-refractivity contribution is 6.02. The van der Waals surface area contributed by atoms with E-state index >= 15 is 0 Å². The summed E-state index contributed by atoms with van der Waals surface area (Å²) in [5.41, 5.74) is 2.77. The van der Waals surface area contributed by atoms with Crippen molar-refractivity contribution in [1.29, 1.82) is 0 Å². The van der Waals surface area contributed by atoms with E-state index in [1.807, 2.05) is 6.08 Å². The molecule has 0 bridgehead atoms. The van der Waals surface area contributed by atoms with Gasteiger partial charge in [-0.05, 0) is 85.0 Å². The third kappa shape index (κ3) is 2.08. The Hall–Kier alpha value is -1.15. The molecule has 2 nitrogen and oxygen atoms in total. The summed E-state index contributed by atoms with van der Waals surface area (Å²) in [4.78, 5) is 12.0. The molecule has 0 amide bonds. The van der Waals surface area contributed by atoms with Crippen molar-refractivity contribution in [2.75, 3.05) is 0 Å². The molecule has 0 saturated heterocycles. The van der Waals surface area contributed by atoms with E-state index in [0.29, 0.717) is 17.8 Å². The zero-order chi connectivity index (χ0) is 17.1. The summed E-state index contributed by atoms with van der Waals surface area (Å²) in [6.07, 6.45) is 14.6. The van der Waals surface area contributed by atoms with E-state index in [1.165, 1.54) is 17.6 Å². The molecule has 0 aliphatic heterocycles. The first-order valence-corrected chi connectivity index (χ1v) is 9.73. The Morgan fingerprint density at radius 2 is 2.04 bits per heavy atom. The van der Waals surface area contributed by atoms with Gasteiger partial charge in [0.1, 0.15) is 0 Å². The van der Waals surface area contributed by atoms with Crippen molar-refractivity contribution >= 4 is 5.78 Å². The molecule has 0 heterocycles. The standard InChI is InChI=1S/C22H30O2/c1-4-5-14-12-16-17-6-7-20(24)22(17,3)11-9-18(16)21(2)10-8-15(23)13-19(14)21/h5,8,10,13,16-18,20,24H,4,6-7,9,11-12H2,1-3H3/t16-,17-,18-,20-,21+,22-/m0/s1. The van der Waals surface area contributed by atoms with Crippen molar-refractivity contribution in [2.45, 2.75) is 65.4 Å². The molecule has 0 aromatic rings. The molecular formula is C22H30O2. The number of rotatable bonds is 1. The lowest BCUT2D eigenvalue weighted by Gasteiger charge is -2.57. The lowest BCUT2D eigenvalue weighted by molar-refractivity contribution is -0.111. The summed E-state index contributed by atoms with van der Waals surface area (Å²) < 4.78 is 0. The number of ketones is 1. The number of carbonyl (C=O) groups is 1. The summed E-state index contributed by atoms with van der Waals surface area (Å²) in [6.45, 7) is 6.85. The number of fused-ring (bicyclic) bond motifs is 5. The van der Waals surface area contributed by atoms with Crippen LogP contribution in [0, 0.1) is 28.6 Å². The Labute approximate surface area is 145 Å². The van der Waals surface area contributed by atoms with Crippen molar-refractivity contribution in [3.63, 3.8) is 0 Å². The van der Waals surface area contributed by atoms with Crippen molar-refractivity contribution < 1.29 is 9.90 Å². The average molecular weight is 326 g/mol. The first kappa shape index (κ1) is 16.3. The number of carbonyl (C=O) groups excluding carboxylic acids is 1. The van der Waals surface area contributed by atoms with Gasteiger partial charge in [-0.2, -0.15) is 0 Å². The molecular weight excluding hydrogens is 296 g/mol. The fourth-order valence-corrected chi connectivity index (χ4v) is 6.55. The van der Waals surface area contributed by atoms with E-state index in [1.54, 1.807) is 6.08 Å². The monoisotopic (exact) mass is 326 g/mol. The van der Waals surface area contributed by atoms with Crippen LogP contribution in [0.4, 0.5) is 0 Å². The molecule has 130 valence electrons. The van der Waals surface area contributed by atoms with Crippen LogP contribution in [-0.4, -0.2) is 17.0 Å². The Morgan fingerprint density at radius 3 is 2.79 bits per heavy atom. The normalized spacial score (nSPS) is 48.8. The minimum Gasteiger partial charge on any atom is -0.393 e. The maximum absolute atomic E-state index is 12.0. The fraction of sp³-hybridized carbons (Fsp3) is 0.682. The molecule has 4 aliphatic carbocycles. The summed E-state index contributed by atoms with van der Waals surface area (Å²) in [5.74, 6) is 2.00. The number of aliphatic hydroxyl groups excluding tert-OH is 1. The van der Waals surface area contributed by atoms with Crippen molar-refractivity contribution in [3.8, 4) is 0 Å². The maximum Gasteiger partial charge on any atom is 0.178 e. The molecule has 0 aromatic carbocycles. The highest BCUT2D eigenvalue weighted by Crippen LogP contribution is 2.65. The van der Waals surface area contributed by atoms with Gasteiger partial charge in [0.2, 0.25) is 0 Å². The molecule has 4 aliphatic rings. The van der Waals surface area contributed by atoms with Crippen molar-refractivity contribution in [2.24, 2.45) is 28.6 Å². The lowest BCUT2D eigenvalue weighted by Crippen LogP contribution is -2.50. The van der Waals surface area contributed by atoms with Gasteiger partial charge in [-0.15, -0.1) is 0 Å². The number of hydrogen-bond donors (Lipinski definition) is 1. The van der Waals surface area contributed by atoms with Gasteiger partial charge in [0.25, 0.3) is 0 Å². The van der Waals surface area contributed by atoms with Crippen LogP contribution in [0.3, 0.4) is 0 Å². The summed E-state index contributed by atoms with van der Waals surface area (Å²) in [5, 5.41) is 10.6. The van der Waals surface area contributed by atoms with Gasteiger partial charge in [-0.25, -0.2) is 0 Å². The third-order valence-corrected chi connectivity index (χ3v) is 7.87. The van der Waals surface area contributed by atoms with Gasteiger partial charge in [0.05, 0.1) is 6.10 Å². The second-order valence-electron chi connectivity index (χ2n) is 8.93. The molecule has 3 fully saturated rings. The van der Waals surface area contributed by atoms with E-state index in [9.17, 15) is 9.90 Å². The van der Waals surface area contributed by atoms with E-state index < -0.39 is 0 Å². The van der Waals surface area contributed by atoms with Crippen LogP contribution < -0.4 is 0 Å². The maximum atomic E-state index is 12.0. The molecule has 2 heteroatoms. The quantitative estimate of drug-likeness (QED) is 0.764. The molecule has 0 unspecified atom stereocenters. The third-order valence-electron chi connectivity index (χ3n) is 7.87. The van der Waals surface area contributed by atoms with Crippen LogP contribution in [0.1, 0.15) is 59.3 Å². The summed E-state index contributed by atoms with van der Waals surface area (Å²) in [7, 11) is 0. The fourth-order valence-electron chi connectivity index (χ4n) is 6.55. The number of aliphatic hydroxyl groups is 1. The SMILES string of the molecule is CCC=C1C[C@H]2[C@@H]3CC[C@H](O)[C@@]3(C)CC[C@@H]2[C@@]2(C)C=CC(=O)C=C12. The molecule has 3 saturated carbocycles. The molecule has 0 radical (unpaired) electrons. The molecule has 24 heavy (non-hydrogen) atoms. The van der Waals surface area contributed by atoms with Crippen LogP contribution >= 0.6 is 0 Å². The van der Waals surface area contributed by atoms with Crippen LogP contribution in [-0.2, 0) is 4.79 Å². The second-order valence-corrected chi connectivity index (χ2v) is 8.93.